The topological polar surface area (TPSA) is 47.9 Å². The maximum Gasteiger partial charge on any atom is 0.212 e. The maximum absolute atomic E-state index is 10.8. The van der Waals surface area contributed by atoms with E-state index in [1.54, 1.807) is 7.11 Å². The summed E-state index contributed by atoms with van der Waals surface area (Å²) in [5.74, 6) is 0.171. The largest absolute Gasteiger partial charge is 0.497 e. The Morgan fingerprint density at radius 2 is 2.05 bits per heavy atom. The number of benzene rings is 2. The minimum Gasteiger partial charge on any atom is -0.497 e. The van der Waals surface area contributed by atoms with E-state index in [1.807, 2.05) is 42.5 Å². The van der Waals surface area contributed by atoms with Crippen LogP contribution in [0.5, 0.6) is 11.5 Å². The van der Waals surface area contributed by atoms with E-state index in [0.29, 0.717) is 13.0 Å². The van der Waals surface area contributed by atoms with Gasteiger partial charge in [0.2, 0.25) is 5.79 Å². The van der Waals surface area contributed by atoms with Gasteiger partial charge < -0.3 is 19.3 Å². The summed E-state index contributed by atoms with van der Waals surface area (Å²) in [6.45, 7) is 0.401. The summed E-state index contributed by atoms with van der Waals surface area (Å²) in [7, 11) is 1.62. The quantitative estimate of drug-likeness (QED) is 0.874. The van der Waals surface area contributed by atoms with Crippen molar-refractivity contribution in [1.82, 2.24) is 0 Å². The van der Waals surface area contributed by atoms with Gasteiger partial charge in [-0.15, -0.1) is 0 Å². The molecule has 0 spiro atoms. The maximum atomic E-state index is 10.8. The van der Waals surface area contributed by atoms with Crippen LogP contribution in [0.1, 0.15) is 22.8 Å². The van der Waals surface area contributed by atoms with Gasteiger partial charge in [-0.05, 0) is 17.2 Å². The van der Waals surface area contributed by atoms with Gasteiger partial charge in [0, 0.05) is 18.1 Å². The standard InChI is InChI=1S/C17H16O4/c1-19-13-7-6-11-9-17(18)16(21-15(11)8-13)14-5-3-2-4-12(14)10-20-17/h2-8,16,18H,9-10H2,1H3/t16-,17-/m0/s1. The summed E-state index contributed by atoms with van der Waals surface area (Å²) < 4.78 is 17.0. The van der Waals surface area contributed by atoms with Crippen LogP contribution in [0.4, 0.5) is 0 Å². The van der Waals surface area contributed by atoms with Gasteiger partial charge in [0.05, 0.1) is 13.7 Å². The number of hydrogen-bond acceptors (Lipinski definition) is 4. The fourth-order valence-electron chi connectivity index (χ4n) is 3.06. The van der Waals surface area contributed by atoms with E-state index >= 15 is 0 Å². The first-order valence-corrected chi connectivity index (χ1v) is 6.97. The van der Waals surface area contributed by atoms with Crippen LogP contribution in [0.2, 0.25) is 0 Å². The van der Waals surface area contributed by atoms with E-state index in [-0.39, 0.29) is 0 Å². The highest BCUT2D eigenvalue weighted by molar-refractivity contribution is 5.45. The van der Waals surface area contributed by atoms with E-state index < -0.39 is 11.9 Å². The molecule has 2 aliphatic rings. The summed E-state index contributed by atoms with van der Waals surface area (Å²) in [4.78, 5) is 0. The van der Waals surface area contributed by atoms with Crippen molar-refractivity contribution in [3.63, 3.8) is 0 Å². The third kappa shape index (κ3) is 1.91. The van der Waals surface area contributed by atoms with E-state index in [4.69, 9.17) is 14.2 Å². The molecule has 4 heteroatoms. The molecule has 0 saturated carbocycles. The van der Waals surface area contributed by atoms with Crippen molar-refractivity contribution in [2.45, 2.75) is 24.9 Å². The van der Waals surface area contributed by atoms with Gasteiger partial charge in [0.25, 0.3) is 0 Å². The average molecular weight is 284 g/mol. The molecule has 108 valence electrons. The van der Waals surface area contributed by atoms with Crippen LogP contribution < -0.4 is 9.47 Å². The van der Waals surface area contributed by atoms with E-state index in [9.17, 15) is 5.11 Å². The highest BCUT2D eigenvalue weighted by Gasteiger charge is 2.48. The number of fused-ring (bicyclic) bond motifs is 4. The summed E-state index contributed by atoms with van der Waals surface area (Å²) in [6, 6.07) is 13.5. The Morgan fingerprint density at radius 3 is 2.90 bits per heavy atom. The first-order chi connectivity index (χ1) is 10.2. The highest BCUT2D eigenvalue weighted by Crippen LogP contribution is 2.46. The van der Waals surface area contributed by atoms with Crippen LogP contribution in [-0.2, 0) is 17.8 Å². The zero-order valence-electron chi connectivity index (χ0n) is 11.7. The zero-order chi connectivity index (χ0) is 14.4. The second-order valence-corrected chi connectivity index (χ2v) is 5.48. The molecule has 21 heavy (non-hydrogen) atoms. The lowest BCUT2D eigenvalue weighted by Crippen LogP contribution is -2.49. The van der Waals surface area contributed by atoms with Crippen molar-refractivity contribution in [1.29, 1.82) is 0 Å². The molecule has 2 aromatic carbocycles. The monoisotopic (exact) mass is 284 g/mol. The lowest BCUT2D eigenvalue weighted by molar-refractivity contribution is -0.273. The fraction of sp³-hybridized carbons (Fsp3) is 0.294. The van der Waals surface area contributed by atoms with Crippen LogP contribution in [0.3, 0.4) is 0 Å². The van der Waals surface area contributed by atoms with E-state index in [1.165, 1.54) is 0 Å². The molecule has 0 radical (unpaired) electrons. The molecule has 0 aromatic heterocycles. The van der Waals surface area contributed by atoms with Crippen molar-refractivity contribution in [2.24, 2.45) is 0 Å². The molecule has 2 aromatic rings. The molecule has 0 bridgehead atoms. The average Bonchev–Trinajstić information content (AvgIpc) is 2.52. The van der Waals surface area contributed by atoms with Crippen molar-refractivity contribution in [3.05, 3.63) is 59.2 Å². The molecule has 0 saturated heterocycles. The molecule has 0 aliphatic carbocycles. The van der Waals surface area contributed by atoms with Crippen molar-refractivity contribution in [3.8, 4) is 11.5 Å². The van der Waals surface area contributed by atoms with Gasteiger partial charge in [-0.2, -0.15) is 0 Å². The lowest BCUT2D eigenvalue weighted by atomic mass is 9.87. The molecule has 0 unspecified atom stereocenters. The molecule has 0 fully saturated rings. The SMILES string of the molecule is COc1ccc2c(c1)O[C@H]1c3ccccc3CO[C@@]1(O)C2. The second kappa shape index (κ2) is 4.48. The first kappa shape index (κ1) is 12.7. The number of methoxy groups -OCH3 is 1. The third-order valence-corrected chi connectivity index (χ3v) is 4.19. The molecule has 2 heterocycles. The van der Waals surface area contributed by atoms with E-state index in [0.717, 1.165) is 28.2 Å². The van der Waals surface area contributed by atoms with Crippen LogP contribution in [0.15, 0.2) is 42.5 Å². The smallest absolute Gasteiger partial charge is 0.212 e. The van der Waals surface area contributed by atoms with Crippen molar-refractivity contribution >= 4 is 0 Å². The van der Waals surface area contributed by atoms with Crippen LogP contribution in [-0.4, -0.2) is 18.0 Å². The Kier molecular flexibility index (Phi) is 2.71. The van der Waals surface area contributed by atoms with Crippen LogP contribution in [0, 0.1) is 0 Å². The van der Waals surface area contributed by atoms with Crippen molar-refractivity contribution < 1.29 is 19.3 Å². The Bertz CT molecular complexity index is 697. The summed E-state index contributed by atoms with van der Waals surface area (Å²) >= 11 is 0. The molecular weight excluding hydrogens is 268 g/mol. The Balaban J connectivity index is 1.80. The van der Waals surface area contributed by atoms with Crippen LogP contribution >= 0.6 is 0 Å². The molecule has 2 aliphatic heterocycles. The first-order valence-electron chi connectivity index (χ1n) is 6.97. The number of aliphatic hydroxyl groups is 1. The Morgan fingerprint density at radius 1 is 1.19 bits per heavy atom. The lowest BCUT2D eigenvalue weighted by Gasteiger charge is -2.44. The van der Waals surface area contributed by atoms with Gasteiger partial charge in [-0.3, -0.25) is 0 Å². The summed E-state index contributed by atoms with van der Waals surface area (Å²) in [6.07, 6.45) is -0.104. The molecule has 1 N–H and O–H groups in total. The molecule has 0 amide bonds. The van der Waals surface area contributed by atoms with Crippen molar-refractivity contribution in [2.75, 3.05) is 7.11 Å². The zero-order valence-corrected chi connectivity index (χ0v) is 11.7. The molecule has 4 rings (SSSR count). The third-order valence-electron chi connectivity index (χ3n) is 4.19. The predicted molar refractivity (Wildman–Crippen MR) is 76.2 cm³/mol. The molecule has 4 nitrogen and oxygen atoms in total. The highest BCUT2D eigenvalue weighted by atomic mass is 16.7. The normalized spacial score (nSPS) is 26.1. The Hall–Kier alpha value is -2.04. The number of hydrogen-bond donors (Lipinski definition) is 1. The number of rotatable bonds is 1. The predicted octanol–water partition coefficient (Wildman–Crippen LogP) is 2.59. The van der Waals surface area contributed by atoms with Crippen LogP contribution in [0.25, 0.3) is 0 Å². The minimum absolute atomic E-state index is 0.401. The summed E-state index contributed by atoms with van der Waals surface area (Å²) in [5, 5.41) is 10.8. The van der Waals surface area contributed by atoms with Gasteiger partial charge in [-0.1, -0.05) is 30.3 Å². The Labute approximate surface area is 122 Å². The minimum atomic E-state index is -1.31. The second-order valence-electron chi connectivity index (χ2n) is 5.48. The van der Waals surface area contributed by atoms with Gasteiger partial charge >= 0.3 is 0 Å². The molecular formula is C17H16O4. The van der Waals surface area contributed by atoms with E-state index in [2.05, 4.69) is 0 Å². The van der Waals surface area contributed by atoms with Gasteiger partial charge in [0.15, 0.2) is 6.10 Å². The summed E-state index contributed by atoms with van der Waals surface area (Å²) in [5.41, 5.74) is 2.96. The fourth-order valence-corrected chi connectivity index (χ4v) is 3.06. The molecule has 2 atom stereocenters. The number of ether oxygens (including phenoxy) is 3. The van der Waals surface area contributed by atoms with Gasteiger partial charge in [-0.25, -0.2) is 0 Å². The van der Waals surface area contributed by atoms with Gasteiger partial charge in [0.1, 0.15) is 11.5 Å².